The molecule has 0 amide bonds. The number of hydrogen-bond donors (Lipinski definition) is 1. The number of imidazole rings is 1. The maximum Gasteiger partial charge on any atom is 0.261 e. The van der Waals surface area contributed by atoms with E-state index < -0.39 is 10.0 Å². The first-order valence-corrected chi connectivity index (χ1v) is 11.2. The summed E-state index contributed by atoms with van der Waals surface area (Å²) in [5, 5.41) is 0.769. The number of hydrogen-bond acceptors (Lipinski definition) is 6. The molecule has 0 aliphatic carbocycles. The molecule has 1 heterocycles. The lowest BCUT2D eigenvalue weighted by molar-refractivity contribution is 0.146. The van der Waals surface area contributed by atoms with Crippen molar-refractivity contribution >= 4 is 27.5 Å². The molecular weight excluding hydrogens is 410 g/mol. The fraction of sp³-hybridized carbons (Fsp3) is 0.250. The molecule has 29 heavy (non-hydrogen) atoms. The molecule has 0 bridgehead atoms. The third kappa shape index (κ3) is 5.31. The van der Waals surface area contributed by atoms with Crippen molar-refractivity contribution < 1.29 is 17.9 Å². The van der Waals surface area contributed by atoms with E-state index in [0.717, 1.165) is 15.6 Å². The van der Waals surface area contributed by atoms with Gasteiger partial charge in [0.05, 0.1) is 17.2 Å². The molecule has 0 radical (unpaired) electrons. The van der Waals surface area contributed by atoms with E-state index in [9.17, 15) is 8.42 Å². The highest BCUT2D eigenvalue weighted by molar-refractivity contribution is 7.99. The fourth-order valence-electron chi connectivity index (χ4n) is 2.58. The van der Waals surface area contributed by atoms with Gasteiger partial charge in [0, 0.05) is 31.4 Å². The zero-order valence-corrected chi connectivity index (χ0v) is 18.1. The van der Waals surface area contributed by atoms with Gasteiger partial charge in [0.2, 0.25) is 0 Å². The Morgan fingerprint density at radius 1 is 1.17 bits per heavy atom. The molecule has 9 heteroatoms. The number of nitrogens with one attached hydrogen (secondary N) is 1. The van der Waals surface area contributed by atoms with E-state index in [2.05, 4.69) is 9.71 Å². The van der Waals surface area contributed by atoms with Crippen LogP contribution in [0.2, 0.25) is 0 Å². The summed E-state index contributed by atoms with van der Waals surface area (Å²) >= 11 is 1.39. The summed E-state index contributed by atoms with van der Waals surface area (Å²) in [5.41, 5.74) is 1.23. The third-order valence-electron chi connectivity index (χ3n) is 4.11. The molecule has 7 nitrogen and oxygen atoms in total. The van der Waals surface area contributed by atoms with Crippen molar-refractivity contribution in [3.05, 3.63) is 60.4 Å². The van der Waals surface area contributed by atoms with E-state index in [1.54, 1.807) is 37.6 Å². The van der Waals surface area contributed by atoms with Crippen molar-refractivity contribution in [3.8, 4) is 5.75 Å². The molecular formula is C20H23N3O4S2. The molecule has 0 spiro atoms. The molecule has 154 valence electrons. The average molecular weight is 434 g/mol. The zero-order chi connectivity index (χ0) is 20.9. The predicted octanol–water partition coefficient (Wildman–Crippen LogP) is 3.71. The summed E-state index contributed by atoms with van der Waals surface area (Å²) in [4.78, 5) is 5.22. The smallest absolute Gasteiger partial charge is 0.261 e. The van der Waals surface area contributed by atoms with Crippen molar-refractivity contribution in [1.29, 1.82) is 0 Å². The fourth-order valence-corrected chi connectivity index (χ4v) is 4.70. The maximum absolute atomic E-state index is 12.9. The van der Waals surface area contributed by atoms with Crippen LogP contribution < -0.4 is 9.46 Å². The molecule has 0 saturated heterocycles. The number of nitrogens with zero attached hydrogens (tertiary/aromatic N) is 2. The minimum Gasteiger partial charge on any atom is -0.491 e. The Bertz CT molecular complexity index is 1080. The Morgan fingerprint density at radius 2 is 1.97 bits per heavy atom. The zero-order valence-electron chi connectivity index (χ0n) is 16.5. The molecule has 1 aromatic heterocycles. The van der Waals surface area contributed by atoms with Gasteiger partial charge < -0.3 is 14.0 Å². The summed E-state index contributed by atoms with van der Waals surface area (Å²) in [5.74, 6) is 0.631. The van der Waals surface area contributed by atoms with Gasteiger partial charge in [-0.1, -0.05) is 12.1 Å². The first kappa shape index (κ1) is 21.2. The number of anilines is 1. The Kier molecular flexibility index (Phi) is 6.83. The van der Waals surface area contributed by atoms with Gasteiger partial charge in [-0.25, -0.2) is 13.4 Å². The third-order valence-corrected chi connectivity index (χ3v) is 6.63. The van der Waals surface area contributed by atoms with E-state index in [1.165, 1.54) is 17.8 Å². The van der Waals surface area contributed by atoms with E-state index in [4.69, 9.17) is 9.47 Å². The van der Waals surface area contributed by atoms with Crippen LogP contribution in [0, 0.1) is 6.92 Å². The molecule has 0 aliphatic rings. The lowest BCUT2D eigenvalue weighted by Gasteiger charge is -2.14. The normalized spacial score (nSPS) is 11.4. The minimum atomic E-state index is -3.76. The number of ether oxygens (including phenoxy) is 2. The minimum absolute atomic E-state index is 0.172. The molecule has 0 unspecified atom stereocenters. The first-order chi connectivity index (χ1) is 13.9. The largest absolute Gasteiger partial charge is 0.491 e. The Morgan fingerprint density at radius 3 is 2.66 bits per heavy atom. The van der Waals surface area contributed by atoms with E-state index in [0.29, 0.717) is 24.7 Å². The van der Waals surface area contributed by atoms with Crippen LogP contribution in [0.3, 0.4) is 0 Å². The molecule has 2 aromatic carbocycles. The van der Waals surface area contributed by atoms with Gasteiger partial charge in [0.15, 0.2) is 5.16 Å². The van der Waals surface area contributed by atoms with Gasteiger partial charge in [-0.3, -0.25) is 4.72 Å². The molecule has 0 saturated carbocycles. The van der Waals surface area contributed by atoms with E-state index >= 15 is 0 Å². The number of methoxy groups -OCH3 is 1. The van der Waals surface area contributed by atoms with Crippen LogP contribution in [0.1, 0.15) is 5.56 Å². The van der Waals surface area contributed by atoms with Crippen LogP contribution in [-0.4, -0.2) is 38.3 Å². The summed E-state index contributed by atoms with van der Waals surface area (Å²) < 4.78 is 41.0. The monoisotopic (exact) mass is 433 g/mol. The number of benzene rings is 2. The highest BCUT2D eigenvalue weighted by Crippen LogP contribution is 2.33. The lowest BCUT2D eigenvalue weighted by Crippen LogP contribution is -2.14. The molecule has 0 atom stereocenters. The van der Waals surface area contributed by atoms with Gasteiger partial charge >= 0.3 is 0 Å². The van der Waals surface area contributed by atoms with Crippen molar-refractivity contribution in [1.82, 2.24) is 9.55 Å². The number of para-hydroxylation sites is 1. The highest BCUT2D eigenvalue weighted by atomic mass is 32.2. The van der Waals surface area contributed by atoms with Crippen LogP contribution in [-0.2, 0) is 21.8 Å². The molecule has 1 N–H and O–H groups in total. The second-order valence-electron chi connectivity index (χ2n) is 6.29. The summed E-state index contributed by atoms with van der Waals surface area (Å²) in [7, 11) is -0.271. The lowest BCUT2D eigenvalue weighted by atomic mass is 10.2. The van der Waals surface area contributed by atoms with Crippen LogP contribution in [0.15, 0.2) is 69.8 Å². The molecule has 3 rings (SSSR count). The van der Waals surface area contributed by atoms with Gasteiger partial charge in [-0.15, -0.1) is 0 Å². The second kappa shape index (κ2) is 9.34. The van der Waals surface area contributed by atoms with Gasteiger partial charge in [0.1, 0.15) is 12.4 Å². The Labute approximate surface area is 175 Å². The topological polar surface area (TPSA) is 82.4 Å². The first-order valence-electron chi connectivity index (χ1n) is 8.90. The van der Waals surface area contributed by atoms with Crippen molar-refractivity contribution in [2.45, 2.75) is 21.9 Å². The van der Waals surface area contributed by atoms with Crippen molar-refractivity contribution in [3.63, 3.8) is 0 Å². The SMILES string of the molecule is COCCOc1ccc(S(=O)(=O)Nc2ccccc2Sc2nccn2C)cc1C. The Balaban J connectivity index is 1.81. The predicted molar refractivity (Wildman–Crippen MR) is 113 cm³/mol. The van der Waals surface area contributed by atoms with Crippen LogP contribution in [0.25, 0.3) is 0 Å². The Hall–Kier alpha value is -2.49. The van der Waals surface area contributed by atoms with Gasteiger partial charge in [-0.05, 0) is 54.6 Å². The van der Waals surface area contributed by atoms with Crippen molar-refractivity contribution in [2.75, 3.05) is 25.0 Å². The van der Waals surface area contributed by atoms with E-state index in [1.807, 2.05) is 36.9 Å². The standard InChI is InChI=1S/C20H23N3O4S2/c1-15-14-16(8-9-18(15)27-13-12-26-3)29(24,25)22-17-6-4-5-7-19(17)28-20-21-10-11-23(20)2/h4-11,14,22H,12-13H2,1-3H3. The van der Waals surface area contributed by atoms with Gasteiger partial charge in [0.25, 0.3) is 10.0 Å². The number of rotatable bonds is 9. The highest BCUT2D eigenvalue weighted by Gasteiger charge is 2.18. The summed E-state index contributed by atoms with van der Waals surface area (Å²) in [6.07, 6.45) is 3.54. The summed E-state index contributed by atoms with van der Waals surface area (Å²) in [6, 6.07) is 12.0. The van der Waals surface area contributed by atoms with E-state index in [-0.39, 0.29) is 4.90 Å². The molecule has 0 fully saturated rings. The second-order valence-corrected chi connectivity index (χ2v) is 8.98. The molecule has 0 aliphatic heterocycles. The van der Waals surface area contributed by atoms with Crippen LogP contribution in [0.5, 0.6) is 5.75 Å². The maximum atomic E-state index is 12.9. The number of sulfonamides is 1. The van der Waals surface area contributed by atoms with Gasteiger partial charge in [-0.2, -0.15) is 0 Å². The average Bonchev–Trinajstić information content (AvgIpc) is 3.09. The molecule has 3 aromatic rings. The number of aryl methyl sites for hydroxylation is 2. The number of aromatic nitrogens is 2. The summed E-state index contributed by atoms with van der Waals surface area (Å²) in [6.45, 7) is 2.68. The quantitative estimate of drug-likeness (QED) is 0.518. The van der Waals surface area contributed by atoms with Crippen molar-refractivity contribution in [2.24, 2.45) is 7.05 Å². The van der Waals surface area contributed by atoms with Crippen LogP contribution in [0.4, 0.5) is 5.69 Å². The van der Waals surface area contributed by atoms with Crippen LogP contribution >= 0.6 is 11.8 Å².